The molecule has 6 nitrogen and oxygen atoms in total. The van der Waals surface area contributed by atoms with Crippen molar-refractivity contribution in [1.82, 2.24) is 9.88 Å². The number of carbonyl (C=O) groups excluding carboxylic acids is 1. The predicted octanol–water partition coefficient (Wildman–Crippen LogP) is 3.04. The van der Waals surface area contributed by atoms with E-state index in [4.69, 9.17) is 9.52 Å². The van der Waals surface area contributed by atoms with Gasteiger partial charge in [-0.15, -0.1) is 11.3 Å². The van der Waals surface area contributed by atoms with Gasteiger partial charge in [-0.05, 0) is 43.7 Å². The van der Waals surface area contributed by atoms with Gasteiger partial charge in [0.1, 0.15) is 5.69 Å². The molecule has 2 aliphatic rings. The van der Waals surface area contributed by atoms with E-state index in [0.717, 1.165) is 24.1 Å². The number of aliphatic carboxylic acids is 1. The van der Waals surface area contributed by atoms with Crippen LogP contribution in [0.5, 0.6) is 0 Å². The first-order chi connectivity index (χ1) is 11.5. The van der Waals surface area contributed by atoms with Gasteiger partial charge in [0.15, 0.2) is 10.8 Å². The number of aromatic nitrogens is 1. The number of amides is 1. The van der Waals surface area contributed by atoms with Gasteiger partial charge >= 0.3 is 5.97 Å². The molecule has 1 saturated carbocycles. The van der Waals surface area contributed by atoms with Crippen LogP contribution in [0, 0.1) is 18.3 Å². The average molecular weight is 346 g/mol. The maximum absolute atomic E-state index is 12.8. The summed E-state index contributed by atoms with van der Waals surface area (Å²) < 4.78 is 5.35. The molecule has 7 heteroatoms. The lowest BCUT2D eigenvalue weighted by molar-refractivity contribution is -0.139. The van der Waals surface area contributed by atoms with E-state index in [-0.39, 0.29) is 17.2 Å². The van der Waals surface area contributed by atoms with Crippen molar-refractivity contribution in [2.75, 3.05) is 13.1 Å². The van der Waals surface area contributed by atoms with Crippen molar-refractivity contribution in [3.05, 3.63) is 29.0 Å². The Morgan fingerprint density at radius 3 is 2.75 bits per heavy atom. The van der Waals surface area contributed by atoms with Crippen LogP contribution in [0.3, 0.4) is 0 Å². The summed E-state index contributed by atoms with van der Waals surface area (Å²) in [5, 5.41) is 9.87. The second kappa shape index (κ2) is 5.44. The van der Waals surface area contributed by atoms with E-state index in [1.54, 1.807) is 17.2 Å². The molecule has 1 atom stereocenters. The second-order valence-corrected chi connectivity index (χ2v) is 7.85. The quantitative estimate of drug-likeness (QED) is 0.923. The molecule has 0 radical (unpaired) electrons. The minimum atomic E-state index is -0.701. The van der Waals surface area contributed by atoms with Crippen LogP contribution in [0.15, 0.2) is 22.8 Å². The summed E-state index contributed by atoms with van der Waals surface area (Å²) in [7, 11) is 0. The molecular formula is C17H18N2O4S. The van der Waals surface area contributed by atoms with E-state index in [1.807, 2.05) is 13.0 Å². The Hall–Kier alpha value is -2.15. The van der Waals surface area contributed by atoms with Gasteiger partial charge in [-0.1, -0.05) is 0 Å². The van der Waals surface area contributed by atoms with Crippen molar-refractivity contribution in [2.45, 2.75) is 26.2 Å². The lowest BCUT2D eigenvalue weighted by Crippen LogP contribution is -2.40. The lowest BCUT2D eigenvalue weighted by atomic mass is 9.90. The molecular weight excluding hydrogens is 328 g/mol. The fourth-order valence-electron chi connectivity index (χ4n) is 3.65. The van der Waals surface area contributed by atoms with E-state index in [9.17, 15) is 9.59 Å². The number of carboxylic acids is 1. The van der Waals surface area contributed by atoms with Crippen LogP contribution in [-0.4, -0.2) is 40.0 Å². The van der Waals surface area contributed by atoms with Crippen LogP contribution >= 0.6 is 11.3 Å². The molecule has 3 heterocycles. The topological polar surface area (TPSA) is 83.6 Å². The van der Waals surface area contributed by atoms with Gasteiger partial charge in [0.2, 0.25) is 0 Å². The third-order valence-corrected chi connectivity index (χ3v) is 6.25. The molecule has 2 fully saturated rings. The number of hydrogen-bond donors (Lipinski definition) is 1. The van der Waals surface area contributed by atoms with Crippen molar-refractivity contribution in [2.24, 2.45) is 11.3 Å². The van der Waals surface area contributed by atoms with E-state index in [0.29, 0.717) is 29.6 Å². The highest BCUT2D eigenvalue weighted by Crippen LogP contribution is 2.59. The number of aryl methyl sites for hydroxylation is 1. The molecule has 1 amide bonds. The third-order valence-electron chi connectivity index (χ3n) is 5.27. The van der Waals surface area contributed by atoms with Gasteiger partial charge in [-0.3, -0.25) is 9.59 Å². The summed E-state index contributed by atoms with van der Waals surface area (Å²) in [6.07, 6.45) is 3.88. The van der Waals surface area contributed by atoms with Gasteiger partial charge in [0, 0.05) is 18.0 Å². The van der Waals surface area contributed by atoms with Crippen molar-refractivity contribution >= 4 is 23.2 Å². The molecule has 0 aromatic carbocycles. The number of rotatable bonds is 3. The van der Waals surface area contributed by atoms with E-state index in [2.05, 4.69) is 4.98 Å². The zero-order chi connectivity index (χ0) is 16.9. The summed E-state index contributed by atoms with van der Waals surface area (Å²) in [5.74, 6) is -0.319. The summed E-state index contributed by atoms with van der Waals surface area (Å²) in [6.45, 7) is 3.11. The Morgan fingerprint density at radius 1 is 1.42 bits per heavy atom. The fraction of sp³-hybridized carbons (Fsp3) is 0.471. The number of nitrogens with zero attached hydrogens (tertiary/aromatic N) is 2. The molecule has 0 bridgehead atoms. The molecule has 2 aromatic heterocycles. The highest BCUT2D eigenvalue weighted by molar-refractivity contribution is 7.15. The molecule has 2 aromatic rings. The number of furan rings is 1. The molecule has 1 aliphatic carbocycles. The fourth-order valence-corrected chi connectivity index (χ4v) is 4.53. The summed E-state index contributed by atoms with van der Waals surface area (Å²) in [5.41, 5.74) is 0.409. The van der Waals surface area contributed by atoms with Crippen molar-refractivity contribution in [1.29, 1.82) is 0 Å². The van der Waals surface area contributed by atoms with Crippen LogP contribution < -0.4 is 0 Å². The largest absolute Gasteiger partial charge is 0.481 e. The number of carbonyl (C=O) groups is 2. The zero-order valence-corrected chi connectivity index (χ0v) is 14.1. The van der Waals surface area contributed by atoms with Gasteiger partial charge in [-0.25, -0.2) is 4.98 Å². The minimum Gasteiger partial charge on any atom is -0.481 e. The molecule has 1 aliphatic heterocycles. The number of likely N-dealkylation sites (tertiary alicyclic amines) is 1. The number of piperidine rings is 1. The maximum Gasteiger partial charge on any atom is 0.307 e. The van der Waals surface area contributed by atoms with Crippen LogP contribution in [-0.2, 0) is 4.79 Å². The second-order valence-electron chi connectivity index (χ2n) is 6.65. The van der Waals surface area contributed by atoms with Gasteiger partial charge in [0.25, 0.3) is 5.91 Å². The monoisotopic (exact) mass is 346 g/mol. The van der Waals surface area contributed by atoms with Crippen LogP contribution in [0.1, 0.15) is 34.6 Å². The van der Waals surface area contributed by atoms with Crippen LogP contribution in [0.4, 0.5) is 0 Å². The van der Waals surface area contributed by atoms with E-state index in [1.165, 1.54) is 11.3 Å². The lowest BCUT2D eigenvalue weighted by Gasteiger charge is -2.32. The highest BCUT2D eigenvalue weighted by atomic mass is 32.1. The molecule has 1 saturated heterocycles. The van der Waals surface area contributed by atoms with Gasteiger partial charge < -0.3 is 14.4 Å². The number of carboxylic acid groups (broad SMARTS) is 1. The predicted molar refractivity (Wildman–Crippen MR) is 87.9 cm³/mol. The SMILES string of the molecule is Cc1sc(-c2ccco2)nc1C(=O)N1CCC2(CC1)CC2C(=O)O. The first kappa shape index (κ1) is 15.4. The summed E-state index contributed by atoms with van der Waals surface area (Å²) in [6, 6.07) is 3.63. The summed E-state index contributed by atoms with van der Waals surface area (Å²) >= 11 is 1.45. The number of hydrogen-bond acceptors (Lipinski definition) is 5. The van der Waals surface area contributed by atoms with E-state index < -0.39 is 5.97 Å². The summed E-state index contributed by atoms with van der Waals surface area (Å²) in [4.78, 5) is 31.0. The third kappa shape index (κ3) is 2.43. The molecule has 4 rings (SSSR count). The van der Waals surface area contributed by atoms with Crippen molar-refractivity contribution < 1.29 is 19.1 Å². The standard InChI is InChI=1S/C17H18N2O4S/c1-10-13(18-14(24-10)12-3-2-8-23-12)15(20)19-6-4-17(5-7-19)9-11(17)16(21)22/h2-3,8,11H,4-7,9H2,1H3,(H,21,22). The van der Waals surface area contributed by atoms with Crippen molar-refractivity contribution in [3.8, 4) is 10.8 Å². The highest BCUT2D eigenvalue weighted by Gasteiger charge is 2.59. The average Bonchev–Trinajstić information content (AvgIpc) is 2.94. The van der Waals surface area contributed by atoms with Gasteiger partial charge in [0.05, 0.1) is 12.2 Å². The molecule has 24 heavy (non-hydrogen) atoms. The normalized spacial score (nSPS) is 21.9. The van der Waals surface area contributed by atoms with Crippen LogP contribution in [0.2, 0.25) is 0 Å². The maximum atomic E-state index is 12.8. The minimum absolute atomic E-state index is 0.0658. The Morgan fingerprint density at radius 2 is 2.17 bits per heavy atom. The molecule has 1 N–H and O–H groups in total. The Kier molecular flexibility index (Phi) is 3.49. The first-order valence-electron chi connectivity index (χ1n) is 8.03. The zero-order valence-electron chi connectivity index (χ0n) is 13.3. The Bertz CT molecular complexity index is 788. The van der Waals surface area contributed by atoms with E-state index >= 15 is 0 Å². The first-order valence-corrected chi connectivity index (χ1v) is 8.85. The van der Waals surface area contributed by atoms with Crippen molar-refractivity contribution in [3.63, 3.8) is 0 Å². The molecule has 1 unspecified atom stereocenters. The molecule has 1 spiro atoms. The smallest absolute Gasteiger partial charge is 0.307 e. The molecule has 126 valence electrons. The Balaban J connectivity index is 1.47. The number of thiazole rings is 1. The Labute approximate surface area is 143 Å². The van der Waals surface area contributed by atoms with Crippen LogP contribution in [0.25, 0.3) is 10.8 Å². The van der Waals surface area contributed by atoms with Gasteiger partial charge in [-0.2, -0.15) is 0 Å².